The quantitative estimate of drug-likeness (QED) is 0.108. The van der Waals surface area contributed by atoms with Crippen LogP contribution in [0.25, 0.3) is 0 Å². The van der Waals surface area contributed by atoms with Crippen LogP contribution in [0.2, 0.25) is 0 Å². The van der Waals surface area contributed by atoms with E-state index in [0.717, 1.165) is 5.56 Å². The number of ether oxygens (including phenoxy) is 1. The van der Waals surface area contributed by atoms with Gasteiger partial charge in [-0.15, -0.1) is 0 Å². The van der Waals surface area contributed by atoms with Gasteiger partial charge in [-0.2, -0.15) is 0 Å². The molecule has 0 aromatic heterocycles. The van der Waals surface area contributed by atoms with E-state index in [1.807, 2.05) is 30.3 Å². The van der Waals surface area contributed by atoms with Crippen molar-refractivity contribution < 1.29 is 53.0 Å². The first kappa shape index (κ1) is 43.9. The molecule has 0 aliphatic heterocycles. The number of phenols is 1. The standard InChI is InChI=1S/C22H30N4O9S.C8H8O2.C3H8/c1-23-16(11-20(31)32)22(34)26-17(9-13-3-5-15(27)6-4-13)21(33)24-12-18(28)25-14(10-19(29)30)7-8-36(2)35;9-7-10-6-8-4-2-1-3-5-8;1-3-2/h3-8,14,16-17,23,27H,9-12H2,1-2H3,(H,24,33)(H,25,28)(H,26,34)(H,29,30)(H,31,32);1-5,7H,6H2;3H2,1-2H3/b8-7+;;/t14?,16-,17?,36?;;/m0../s1. The van der Waals surface area contributed by atoms with Gasteiger partial charge in [0.05, 0.1) is 31.5 Å². The lowest BCUT2D eigenvalue weighted by molar-refractivity contribution is -0.140. The van der Waals surface area contributed by atoms with Crippen LogP contribution in [0.3, 0.4) is 0 Å². The molecule has 0 aliphatic carbocycles. The minimum absolute atomic E-state index is 0.00552. The summed E-state index contributed by atoms with van der Waals surface area (Å²) < 4.78 is 15.8. The second-order valence-electron chi connectivity index (χ2n) is 10.3. The highest BCUT2D eigenvalue weighted by Gasteiger charge is 2.27. The lowest BCUT2D eigenvalue weighted by Gasteiger charge is -2.22. The molecule has 0 saturated carbocycles. The number of aliphatic carboxylic acids is 2. The fraction of sp³-hybridized carbons (Fsp3) is 0.394. The molecule has 0 bridgehead atoms. The van der Waals surface area contributed by atoms with E-state index in [2.05, 4.69) is 39.9 Å². The molecule has 3 unspecified atom stereocenters. The molecule has 0 spiro atoms. The minimum atomic E-state index is -1.36. The van der Waals surface area contributed by atoms with Crippen LogP contribution < -0.4 is 21.3 Å². The summed E-state index contributed by atoms with van der Waals surface area (Å²) in [5.74, 6) is -4.66. The summed E-state index contributed by atoms with van der Waals surface area (Å²) in [6.07, 6.45) is 2.86. The Morgan fingerprint density at radius 3 is 1.96 bits per heavy atom. The Balaban J connectivity index is 0.00000147. The van der Waals surface area contributed by atoms with E-state index >= 15 is 0 Å². The van der Waals surface area contributed by atoms with Crippen molar-refractivity contribution in [1.29, 1.82) is 0 Å². The molecule has 0 fully saturated rings. The van der Waals surface area contributed by atoms with Gasteiger partial charge in [-0.3, -0.25) is 33.0 Å². The summed E-state index contributed by atoms with van der Waals surface area (Å²) in [5, 5.41) is 38.4. The maximum absolute atomic E-state index is 12.8. The van der Waals surface area contributed by atoms with Crippen LogP contribution in [-0.4, -0.2) is 93.6 Å². The van der Waals surface area contributed by atoms with Crippen molar-refractivity contribution in [3.8, 4) is 5.75 Å². The monoisotopic (exact) mass is 706 g/mol. The van der Waals surface area contributed by atoms with Crippen LogP contribution >= 0.6 is 0 Å². The van der Waals surface area contributed by atoms with Crippen LogP contribution in [0.4, 0.5) is 0 Å². The van der Waals surface area contributed by atoms with Gasteiger partial charge in [0.25, 0.3) is 6.47 Å². The molecule has 4 atom stereocenters. The minimum Gasteiger partial charge on any atom is -0.508 e. The second-order valence-corrected chi connectivity index (χ2v) is 11.6. The summed E-state index contributed by atoms with van der Waals surface area (Å²) in [6, 6.07) is 12.1. The number of rotatable bonds is 18. The Hall–Kier alpha value is -5.09. The van der Waals surface area contributed by atoms with Gasteiger partial charge in [-0.1, -0.05) is 68.8 Å². The molecule has 270 valence electrons. The maximum Gasteiger partial charge on any atom is 0.305 e. The van der Waals surface area contributed by atoms with Crippen LogP contribution in [0, 0.1) is 0 Å². The van der Waals surface area contributed by atoms with Gasteiger partial charge in [0.1, 0.15) is 18.4 Å². The van der Waals surface area contributed by atoms with Gasteiger partial charge in [-0.05, 0) is 30.3 Å². The van der Waals surface area contributed by atoms with Crippen molar-refractivity contribution >= 4 is 46.9 Å². The highest BCUT2D eigenvalue weighted by atomic mass is 32.2. The molecule has 2 rings (SSSR count). The highest BCUT2D eigenvalue weighted by Crippen LogP contribution is 2.12. The van der Waals surface area contributed by atoms with E-state index in [-0.39, 0.29) is 12.2 Å². The molecule has 0 heterocycles. The Morgan fingerprint density at radius 1 is 0.857 bits per heavy atom. The molecule has 0 saturated heterocycles. The number of carbonyl (C=O) groups excluding carboxylic acids is 4. The van der Waals surface area contributed by atoms with Gasteiger partial charge < -0.3 is 41.3 Å². The summed E-state index contributed by atoms with van der Waals surface area (Å²) >= 11 is 0. The predicted molar refractivity (Wildman–Crippen MR) is 183 cm³/mol. The van der Waals surface area contributed by atoms with Crippen LogP contribution in [0.5, 0.6) is 5.75 Å². The third-order valence-corrected chi connectivity index (χ3v) is 6.42. The van der Waals surface area contributed by atoms with E-state index in [0.29, 0.717) is 18.6 Å². The van der Waals surface area contributed by atoms with Gasteiger partial charge in [-0.25, -0.2) is 0 Å². The average molecular weight is 707 g/mol. The number of hydrogen-bond acceptors (Lipinski definition) is 10. The highest BCUT2D eigenvalue weighted by molar-refractivity contribution is 7.87. The van der Waals surface area contributed by atoms with E-state index in [4.69, 9.17) is 10.2 Å². The first-order valence-electron chi connectivity index (χ1n) is 15.1. The maximum atomic E-state index is 12.8. The van der Waals surface area contributed by atoms with Crippen molar-refractivity contribution in [3.05, 3.63) is 77.2 Å². The van der Waals surface area contributed by atoms with E-state index in [9.17, 15) is 38.1 Å². The van der Waals surface area contributed by atoms with Crippen molar-refractivity contribution in [3.63, 3.8) is 0 Å². The fourth-order valence-electron chi connectivity index (χ4n) is 3.66. The largest absolute Gasteiger partial charge is 0.508 e. The topological polar surface area (TPSA) is 238 Å². The average Bonchev–Trinajstić information content (AvgIpc) is 3.05. The molecule has 49 heavy (non-hydrogen) atoms. The second kappa shape index (κ2) is 25.9. The Labute approximate surface area is 288 Å². The van der Waals surface area contributed by atoms with Crippen LogP contribution in [0.1, 0.15) is 44.2 Å². The first-order chi connectivity index (χ1) is 23.3. The molecular formula is C33H46N4O11S. The van der Waals surface area contributed by atoms with Gasteiger partial charge in [0, 0.05) is 28.9 Å². The smallest absolute Gasteiger partial charge is 0.305 e. The lowest BCUT2D eigenvalue weighted by atomic mass is 10.0. The molecule has 3 amide bonds. The number of carboxylic acid groups (broad SMARTS) is 2. The fourth-order valence-corrected chi connectivity index (χ4v) is 4.07. The number of phenolic OH excluding ortho intramolecular Hbond substituents is 1. The van der Waals surface area contributed by atoms with Crippen molar-refractivity contribution in [1.82, 2.24) is 21.3 Å². The number of carbonyl (C=O) groups is 6. The molecular weight excluding hydrogens is 660 g/mol. The Kier molecular flexibility index (Phi) is 23.2. The van der Waals surface area contributed by atoms with Crippen molar-refractivity contribution in [2.75, 3.05) is 19.8 Å². The van der Waals surface area contributed by atoms with E-state index in [1.165, 1.54) is 55.5 Å². The Morgan fingerprint density at radius 2 is 1.45 bits per heavy atom. The first-order valence-corrected chi connectivity index (χ1v) is 16.7. The molecule has 2 aromatic rings. The zero-order valence-electron chi connectivity index (χ0n) is 27.9. The number of aromatic hydroxyl groups is 1. The van der Waals surface area contributed by atoms with Crippen molar-refractivity contribution in [2.24, 2.45) is 0 Å². The zero-order chi connectivity index (χ0) is 37.2. The summed E-state index contributed by atoms with van der Waals surface area (Å²) in [5.41, 5.74) is 1.57. The van der Waals surface area contributed by atoms with Gasteiger partial charge >= 0.3 is 11.9 Å². The SMILES string of the molecule is CCC.CN[C@@H](CC(=O)O)C(=O)NC(Cc1ccc(O)cc1)C(=O)NCC(=O)NC(/C=C/S(C)=O)CC(=O)O.O=COCc1ccccc1. The van der Waals surface area contributed by atoms with Gasteiger partial charge in [0.15, 0.2) is 0 Å². The number of carboxylic acids is 2. The number of hydrogen-bond donors (Lipinski definition) is 7. The number of benzene rings is 2. The van der Waals surface area contributed by atoms with E-state index < -0.39 is 78.0 Å². The van der Waals surface area contributed by atoms with Crippen molar-refractivity contribution in [2.45, 2.75) is 64.3 Å². The van der Waals surface area contributed by atoms with Crippen LogP contribution in [-0.2, 0) is 57.3 Å². The molecule has 0 aliphatic rings. The molecule has 0 radical (unpaired) electrons. The summed E-state index contributed by atoms with van der Waals surface area (Å²) in [6.45, 7) is 4.52. The third kappa shape index (κ3) is 22.2. The van der Waals surface area contributed by atoms with E-state index in [1.54, 1.807) is 0 Å². The van der Waals surface area contributed by atoms with Crippen LogP contribution in [0.15, 0.2) is 66.1 Å². The summed E-state index contributed by atoms with van der Waals surface area (Å²) in [7, 11) is 0.0305. The summed E-state index contributed by atoms with van der Waals surface area (Å²) in [4.78, 5) is 69.4. The molecule has 7 N–H and O–H groups in total. The lowest BCUT2D eigenvalue weighted by Crippen LogP contribution is -2.54. The molecule has 16 heteroatoms. The third-order valence-electron chi connectivity index (χ3n) is 5.88. The number of likely N-dealkylation sites (N-methyl/N-ethyl adjacent to an activating group) is 1. The molecule has 15 nitrogen and oxygen atoms in total. The number of amides is 3. The predicted octanol–water partition coefficient (Wildman–Crippen LogP) is 1.23. The molecule has 2 aromatic carbocycles. The zero-order valence-corrected chi connectivity index (χ0v) is 28.7. The Bertz CT molecular complexity index is 1370. The number of nitrogens with one attached hydrogen (secondary N) is 4. The van der Waals surface area contributed by atoms with Gasteiger partial charge in [0.2, 0.25) is 17.7 Å². The normalized spacial score (nSPS) is 12.7.